The van der Waals surface area contributed by atoms with Gasteiger partial charge in [-0.05, 0) is 22.4 Å². The maximum Gasteiger partial charge on any atom is 0.144 e. The van der Waals surface area contributed by atoms with Gasteiger partial charge in [-0.25, -0.2) is 9.97 Å². The van der Waals surface area contributed by atoms with E-state index in [-0.39, 0.29) is 0 Å². The highest BCUT2D eigenvalue weighted by molar-refractivity contribution is 9.10. The average Bonchev–Trinajstić information content (AvgIpc) is 2.21. The third-order valence-corrected chi connectivity index (χ3v) is 4.16. The van der Waals surface area contributed by atoms with Gasteiger partial charge in [-0.1, -0.05) is 13.8 Å². The van der Waals surface area contributed by atoms with E-state index in [1.807, 2.05) is 7.05 Å². The van der Waals surface area contributed by atoms with Crippen LogP contribution in [0.2, 0.25) is 0 Å². The number of rotatable bonds is 4. The minimum absolute atomic E-state index is 0.575. The van der Waals surface area contributed by atoms with Gasteiger partial charge in [0.1, 0.15) is 17.2 Å². The molecule has 1 unspecified atom stereocenters. The van der Waals surface area contributed by atoms with E-state index < -0.39 is 0 Å². The first-order valence-corrected chi connectivity index (χ1v) is 6.21. The van der Waals surface area contributed by atoms with Crippen molar-refractivity contribution in [2.75, 3.05) is 12.4 Å². The van der Waals surface area contributed by atoms with Gasteiger partial charge >= 0.3 is 0 Å². The Bertz CT molecular complexity index is 306. The third kappa shape index (κ3) is 2.85. The Kier molecular flexibility index (Phi) is 4.68. The van der Waals surface area contributed by atoms with E-state index in [9.17, 15) is 0 Å². The molecule has 1 rings (SSSR count). The van der Waals surface area contributed by atoms with Gasteiger partial charge < -0.3 is 5.32 Å². The Hall–Kier alpha value is -0.290. The molecule has 14 heavy (non-hydrogen) atoms. The fraction of sp³-hybridized carbons (Fsp3) is 0.556. The van der Waals surface area contributed by atoms with E-state index >= 15 is 0 Å². The van der Waals surface area contributed by atoms with Crippen molar-refractivity contribution < 1.29 is 0 Å². The molecule has 3 nitrogen and oxygen atoms in total. The molecule has 1 heterocycles. The maximum atomic E-state index is 4.24. The van der Waals surface area contributed by atoms with Crippen molar-refractivity contribution in [2.24, 2.45) is 0 Å². The number of nitrogens with zero attached hydrogens (tertiary/aromatic N) is 2. The molecule has 0 aromatic carbocycles. The summed E-state index contributed by atoms with van der Waals surface area (Å²) in [5, 5.41) is 4.59. The number of nitrogens with one attached hydrogen (secondary N) is 1. The van der Waals surface area contributed by atoms with Gasteiger partial charge in [-0.2, -0.15) is 0 Å². The van der Waals surface area contributed by atoms with E-state index in [1.165, 1.54) is 0 Å². The lowest BCUT2D eigenvalue weighted by atomic mass is 10.4. The molecular formula is C9H14BrN3S. The molecular weight excluding hydrogens is 262 g/mol. The van der Waals surface area contributed by atoms with Crippen LogP contribution < -0.4 is 5.32 Å². The van der Waals surface area contributed by atoms with Crippen LogP contribution >= 0.6 is 27.7 Å². The van der Waals surface area contributed by atoms with Crippen molar-refractivity contribution in [3.05, 3.63) is 10.8 Å². The molecule has 0 fully saturated rings. The Labute approximate surface area is 97.2 Å². The second-order valence-electron chi connectivity index (χ2n) is 2.93. The molecule has 0 spiro atoms. The van der Waals surface area contributed by atoms with Gasteiger partial charge in [0.05, 0.1) is 4.47 Å². The molecule has 1 aromatic heterocycles. The maximum absolute atomic E-state index is 4.24. The normalized spacial score (nSPS) is 12.6. The molecule has 1 N–H and O–H groups in total. The van der Waals surface area contributed by atoms with Gasteiger partial charge in [0.15, 0.2) is 0 Å². The van der Waals surface area contributed by atoms with Crippen molar-refractivity contribution >= 4 is 33.5 Å². The van der Waals surface area contributed by atoms with Crippen LogP contribution in [0.15, 0.2) is 15.8 Å². The monoisotopic (exact) mass is 275 g/mol. The summed E-state index contributed by atoms with van der Waals surface area (Å²) in [4.78, 5) is 8.35. The standard InChI is InChI=1S/C9H14BrN3S/c1-4-6(2)14-9-7(10)8(11-3)12-5-13-9/h5-6H,4H2,1-3H3,(H,11,12,13). The Morgan fingerprint density at radius 2 is 2.29 bits per heavy atom. The zero-order valence-corrected chi connectivity index (χ0v) is 10.9. The zero-order chi connectivity index (χ0) is 10.6. The summed E-state index contributed by atoms with van der Waals surface area (Å²) >= 11 is 5.25. The van der Waals surface area contributed by atoms with Gasteiger partial charge in [0.25, 0.3) is 0 Å². The number of halogens is 1. The lowest BCUT2D eigenvalue weighted by Crippen LogP contribution is -1.99. The first-order chi connectivity index (χ1) is 6.69. The highest BCUT2D eigenvalue weighted by atomic mass is 79.9. The van der Waals surface area contributed by atoms with Gasteiger partial charge in [0, 0.05) is 12.3 Å². The molecule has 1 atom stereocenters. The summed E-state index contributed by atoms with van der Waals surface area (Å²) in [6.07, 6.45) is 2.72. The zero-order valence-electron chi connectivity index (χ0n) is 8.54. The third-order valence-electron chi connectivity index (χ3n) is 1.88. The van der Waals surface area contributed by atoms with Gasteiger partial charge in [0.2, 0.25) is 0 Å². The highest BCUT2D eigenvalue weighted by Crippen LogP contribution is 2.32. The molecule has 0 saturated carbocycles. The molecule has 78 valence electrons. The molecule has 0 saturated heterocycles. The van der Waals surface area contributed by atoms with Crippen LogP contribution in [0.1, 0.15) is 20.3 Å². The van der Waals surface area contributed by atoms with Crippen LogP contribution in [0, 0.1) is 0 Å². The van der Waals surface area contributed by atoms with Crippen LogP contribution in [-0.4, -0.2) is 22.3 Å². The molecule has 1 aromatic rings. The van der Waals surface area contributed by atoms with Crippen LogP contribution in [0.4, 0.5) is 5.82 Å². The summed E-state index contributed by atoms with van der Waals surface area (Å²) in [6, 6.07) is 0. The predicted molar refractivity (Wildman–Crippen MR) is 64.9 cm³/mol. The second kappa shape index (κ2) is 5.56. The number of hydrogen-bond donors (Lipinski definition) is 1. The molecule has 0 aliphatic carbocycles. The van der Waals surface area contributed by atoms with Crippen molar-refractivity contribution in [3.63, 3.8) is 0 Å². The van der Waals surface area contributed by atoms with E-state index in [4.69, 9.17) is 0 Å². The van der Waals surface area contributed by atoms with Crippen molar-refractivity contribution in [1.82, 2.24) is 9.97 Å². The molecule has 0 aliphatic rings. The topological polar surface area (TPSA) is 37.8 Å². The van der Waals surface area contributed by atoms with Crippen LogP contribution in [-0.2, 0) is 0 Å². The Morgan fingerprint density at radius 1 is 1.57 bits per heavy atom. The predicted octanol–water partition coefficient (Wildman–Crippen LogP) is 3.17. The molecule has 5 heteroatoms. The fourth-order valence-corrected chi connectivity index (χ4v) is 2.42. The molecule has 0 bridgehead atoms. The minimum Gasteiger partial charge on any atom is -0.372 e. The van der Waals surface area contributed by atoms with Gasteiger partial charge in [-0.3, -0.25) is 0 Å². The Morgan fingerprint density at radius 3 is 2.86 bits per heavy atom. The lowest BCUT2D eigenvalue weighted by molar-refractivity contribution is 0.897. The number of aromatic nitrogens is 2. The summed E-state index contributed by atoms with van der Waals surface area (Å²) in [6.45, 7) is 4.37. The molecule has 0 amide bonds. The molecule has 0 radical (unpaired) electrons. The minimum atomic E-state index is 0.575. The summed E-state index contributed by atoms with van der Waals surface area (Å²) in [7, 11) is 1.85. The number of thioether (sulfide) groups is 1. The fourth-order valence-electron chi connectivity index (χ4n) is 0.884. The summed E-state index contributed by atoms with van der Waals surface area (Å²) < 4.78 is 0.952. The van der Waals surface area contributed by atoms with E-state index in [1.54, 1.807) is 18.1 Å². The average molecular weight is 276 g/mol. The lowest BCUT2D eigenvalue weighted by Gasteiger charge is -2.10. The van der Waals surface area contributed by atoms with Crippen LogP contribution in [0.5, 0.6) is 0 Å². The summed E-state index contributed by atoms with van der Waals surface area (Å²) in [5.74, 6) is 0.839. The van der Waals surface area contributed by atoms with Crippen molar-refractivity contribution in [1.29, 1.82) is 0 Å². The van der Waals surface area contributed by atoms with Crippen LogP contribution in [0.3, 0.4) is 0 Å². The van der Waals surface area contributed by atoms with E-state index in [0.717, 1.165) is 21.7 Å². The SMILES string of the molecule is CCC(C)Sc1ncnc(NC)c1Br. The first-order valence-electron chi connectivity index (χ1n) is 4.54. The van der Waals surface area contributed by atoms with Crippen molar-refractivity contribution in [3.8, 4) is 0 Å². The van der Waals surface area contributed by atoms with E-state index in [2.05, 4.69) is 45.1 Å². The van der Waals surface area contributed by atoms with Crippen LogP contribution in [0.25, 0.3) is 0 Å². The number of anilines is 1. The summed E-state index contributed by atoms with van der Waals surface area (Å²) in [5.41, 5.74) is 0. The van der Waals surface area contributed by atoms with Gasteiger partial charge in [-0.15, -0.1) is 11.8 Å². The second-order valence-corrected chi connectivity index (χ2v) is 5.15. The smallest absolute Gasteiger partial charge is 0.144 e. The Balaban J connectivity index is 2.86. The molecule has 0 aliphatic heterocycles. The largest absolute Gasteiger partial charge is 0.372 e. The number of hydrogen-bond acceptors (Lipinski definition) is 4. The first kappa shape index (κ1) is 11.8. The van der Waals surface area contributed by atoms with Crippen molar-refractivity contribution in [2.45, 2.75) is 30.5 Å². The quantitative estimate of drug-likeness (QED) is 0.677. The van der Waals surface area contributed by atoms with E-state index in [0.29, 0.717) is 5.25 Å². The highest BCUT2D eigenvalue weighted by Gasteiger charge is 2.10.